The summed E-state index contributed by atoms with van der Waals surface area (Å²) in [7, 11) is 0. The molecule has 0 aliphatic heterocycles. The summed E-state index contributed by atoms with van der Waals surface area (Å²) in [5.74, 6) is 0. The van der Waals surface area contributed by atoms with Gasteiger partial charge in [0.2, 0.25) is 0 Å². The van der Waals surface area contributed by atoms with Crippen molar-refractivity contribution in [3.05, 3.63) is 35.0 Å². The molecule has 2 aromatic rings. The van der Waals surface area contributed by atoms with Gasteiger partial charge in [-0.15, -0.1) is 0 Å². The molecule has 1 heterocycles. The number of aromatic amines is 1. The van der Waals surface area contributed by atoms with E-state index in [1.165, 1.54) is 27.7 Å². The first-order chi connectivity index (χ1) is 10.2. The second-order valence-corrected chi connectivity index (χ2v) is 6.46. The number of rotatable bonds is 2. The topological polar surface area (TPSA) is 56.9 Å². The van der Waals surface area contributed by atoms with Crippen molar-refractivity contribution in [2.75, 3.05) is 0 Å². The Kier molecular flexibility index (Phi) is 2.91. The number of carbonyl (C=O) groups excluding carboxylic acids is 1. The molecule has 4 heteroatoms. The molecule has 0 spiro atoms. The molecule has 0 saturated heterocycles. The van der Waals surface area contributed by atoms with Gasteiger partial charge in [0, 0.05) is 28.7 Å². The molecule has 1 fully saturated rings. The summed E-state index contributed by atoms with van der Waals surface area (Å²) in [6.45, 7) is 2.13. The monoisotopic (exact) mass is 283 g/mol. The lowest BCUT2D eigenvalue weighted by Gasteiger charge is -2.23. The first-order valence-corrected chi connectivity index (χ1v) is 7.86. The molecule has 110 valence electrons. The Bertz CT molecular complexity index is 699. The fourth-order valence-electron chi connectivity index (χ4n) is 3.29. The first kappa shape index (κ1) is 12.7. The molecule has 0 radical (unpaired) electrons. The van der Waals surface area contributed by atoms with E-state index in [1.807, 2.05) is 0 Å². The number of H-pyrrole nitrogens is 1. The van der Waals surface area contributed by atoms with Crippen molar-refractivity contribution in [1.82, 2.24) is 15.6 Å². The molecular weight excluding hydrogens is 262 g/mol. The van der Waals surface area contributed by atoms with Gasteiger partial charge in [0.15, 0.2) is 0 Å². The molecule has 1 atom stereocenters. The Morgan fingerprint density at radius 3 is 2.81 bits per heavy atom. The van der Waals surface area contributed by atoms with E-state index in [-0.39, 0.29) is 12.1 Å². The highest BCUT2D eigenvalue weighted by Crippen LogP contribution is 2.30. The lowest BCUT2D eigenvalue weighted by atomic mass is 9.91. The van der Waals surface area contributed by atoms with Crippen LogP contribution in [0.25, 0.3) is 10.9 Å². The molecule has 2 amide bonds. The molecule has 2 aliphatic rings. The average Bonchev–Trinajstić information content (AvgIpc) is 3.19. The van der Waals surface area contributed by atoms with Gasteiger partial charge in [0.25, 0.3) is 0 Å². The van der Waals surface area contributed by atoms with Crippen molar-refractivity contribution < 1.29 is 4.79 Å². The van der Waals surface area contributed by atoms with Crippen LogP contribution in [-0.4, -0.2) is 23.1 Å². The molecule has 3 N–H and O–H groups in total. The zero-order valence-corrected chi connectivity index (χ0v) is 12.3. The summed E-state index contributed by atoms with van der Waals surface area (Å²) in [6, 6.07) is 7.21. The van der Waals surface area contributed by atoms with Gasteiger partial charge in [-0.2, -0.15) is 0 Å². The fraction of sp³-hybridized carbons (Fsp3) is 0.471. The minimum Gasteiger partial charge on any atom is -0.358 e. The third-order valence-electron chi connectivity index (χ3n) is 4.59. The summed E-state index contributed by atoms with van der Waals surface area (Å²) in [6.07, 6.45) is 5.21. The van der Waals surface area contributed by atoms with Gasteiger partial charge in [-0.05, 0) is 56.7 Å². The van der Waals surface area contributed by atoms with Crippen molar-refractivity contribution >= 4 is 16.9 Å². The quantitative estimate of drug-likeness (QED) is 0.780. The molecule has 1 unspecified atom stereocenters. The summed E-state index contributed by atoms with van der Waals surface area (Å²) in [5, 5.41) is 7.46. The van der Waals surface area contributed by atoms with Crippen molar-refractivity contribution in [3.8, 4) is 0 Å². The lowest BCUT2D eigenvalue weighted by molar-refractivity contribution is 0.235. The van der Waals surface area contributed by atoms with Crippen LogP contribution in [0.2, 0.25) is 0 Å². The molecule has 1 aromatic heterocycles. The van der Waals surface area contributed by atoms with E-state index in [2.05, 4.69) is 40.7 Å². The maximum Gasteiger partial charge on any atom is 0.315 e. The van der Waals surface area contributed by atoms with Crippen LogP contribution < -0.4 is 10.6 Å². The number of benzene rings is 1. The van der Waals surface area contributed by atoms with E-state index in [0.717, 1.165) is 32.1 Å². The Morgan fingerprint density at radius 1 is 1.19 bits per heavy atom. The highest BCUT2D eigenvalue weighted by Gasteiger charge is 2.27. The Labute approximate surface area is 124 Å². The van der Waals surface area contributed by atoms with Crippen LogP contribution >= 0.6 is 0 Å². The zero-order valence-electron chi connectivity index (χ0n) is 12.3. The van der Waals surface area contributed by atoms with Crippen molar-refractivity contribution in [2.45, 2.75) is 51.1 Å². The number of amides is 2. The molecule has 0 bridgehead atoms. The van der Waals surface area contributed by atoms with Gasteiger partial charge in [-0.3, -0.25) is 0 Å². The number of aromatic nitrogens is 1. The van der Waals surface area contributed by atoms with Gasteiger partial charge >= 0.3 is 6.03 Å². The van der Waals surface area contributed by atoms with Crippen molar-refractivity contribution in [3.63, 3.8) is 0 Å². The maximum absolute atomic E-state index is 11.9. The van der Waals surface area contributed by atoms with Gasteiger partial charge < -0.3 is 15.6 Å². The molecule has 4 nitrogen and oxygen atoms in total. The molecule has 4 rings (SSSR count). The maximum atomic E-state index is 11.9. The largest absolute Gasteiger partial charge is 0.358 e. The molecular formula is C17H21N3O. The minimum atomic E-state index is 0.00183. The van der Waals surface area contributed by atoms with Crippen LogP contribution in [0.1, 0.15) is 36.1 Å². The number of fused-ring (bicyclic) bond motifs is 3. The molecule has 2 aliphatic carbocycles. The van der Waals surface area contributed by atoms with E-state index in [9.17, 15) is 4.79 Å². The highest BCUT2D eigenvalue weighted by molar-refractivity contribution is 5.86. The predicted octanol–water partition coefficient (Wildman–Crippen LogP) is 2.80. The summed E-state index contributed by atoms with van der Waals surface area (Å²) < 4.78 is 0. The van der Waals surface area contributed by atoms with Crippen molar-refractivity contribution in [2.24, 2.45) is 0 Å². The minimum absolute atomic E-state index is 0.00183. The van der Waals surface area contributed by atoms with E-state index < -0.39 is 0 Å². The standard InChI is InChI=1S/C17H21N3O/c1-10-2-6-15-13(8-10)14-9-12(5-7-16(14)20-15)19-17(21)18-11-3-4-11/h2,6,8,11-12,20H,3-5,7,9H2,1H3,(H2,18,19,21). The molecule has 1 saturated carbocycles. The van der Waals surface area contributed by atoms with E-state index in [0.29, 0.717) is 6.04 Å². The summed E-state index contributed by atoms with van der Waals surface area (Å²) >= 11 is 0. The lowest BCUT2D eigenvalue weighted by Crippen LogP contribution is -2.45. The first-order valence-electron chi connectivity index (χ1n) is 7.86. The second-order valence-electron chi connectivity index (χ2n) is 6.46. The third kappa shape index (κ3) is 2.50. The van der Waals surface area contributed by atoms with Gasteiger partial charge in [-0.25, -0.2) is 4.79 Å². The second kappa shape index (κ2) is 4.79. The van der Waals surface area contributed by atoms with Gasteiger partial charge in [0.1, 0.15) is 0 Å². The Hall–Kier alpha value is -1.97. The number of aryl methyl sites for hydroxylation is 2. The van der Waals surface area contributed by atoms with Crippen molar-refractivity contribution in [1.29, 1.82) is 0 Å². The van der Waals surface area contributed by atoms with Crippen LogP contribution in [0.3, 0.4) is 0 Å². The van der Waals surface area contributed by atoms with Crippen LogP contribution in [0.4, 0.5) is 4.79 Å². The van der Waals surface area contributed by atoms with E-state index >= 15 is 0 Å². The smallest absolute Gasteiger partial charge is 0.315 e. The number of urea groups is 1. The highest BCUT2D eigenvalue weighted by atomic mass is 16.2. The normalized spacial score (nSPS) is 21.1. The fourth-order valence-corrected chi connectivity index (χ4v) is 3.29. The van der Waals surface area contributed by atoms with E-state index in [4.69, 9.17) is 0 Å². The molecule has 1 aromatic carbocycles. The zero-order chi connectivity index (χ0) is 14.4. The number of hydrogen-bond acceptors (Lipinski definition) is 1. The van der Waals surface area contributed by atoms with Crippen LogP contribution in [0, 0.1) is 6.92 Å². The van der Waals surface area contributed by atoms with Gasteiger partial charge in [0.05, 0.1) is 0 Å². The predicted molar refractivity (Wildman–Crippen MR) is 83.5 cm³/mol. The van der Waals surface area contributed by atoms with Crippen LogP contribution in [0.5, 0.6) is 0 Å². The number of carbonyl (C=O) groups is 1. The number of nitrogens with one attached hydrogen (secondary N) is 3. The Morgan fingerprint density at radius 2 is 2.00 bits per heavy atom. The SMILES string of the molecule is Cc1ccc2[nH]c3c(c2c1)CC(NC(=O)NC1CC1)CC3. The van der Waals surface area contributed by atoms with Crippen LogP contribution in [0.15, 0.2) is 18.2 Å². The third-order valence-corrected chi connectivity index (χ3v) is 4.59. The van der Waals surface area contributed by atoms with E-state index in [1.54, 1.807) is 0 Å². The Balaban J connectivity index is 1.54. The number of hydrogen-bond donors (Lipinski definition) is 3. The molecule has 21 heavy (non-hydrogen) atoms. The van der Waals surface area contributed by atoms with Crippen LogP contribution in [-0.2, 0) is 12.8 Å². The average molecular weight is 283 g/mol. The summed E-state index contributed by atoms with van der Waals surface area (Å²) in [5.41, 5.74) is 5.23. The van der Waals surface area contributed by atoms with Gasteiger partial charge in [-0.1, -0.05) is 11.6 Å². The summed E-state index contributed by atoms with van der Waals surface area (Å²) in [4.78, 5) is 15.4.